The Morgan fingerprint density at radius 3 is 1.94 bits per heavy atom. The second-order valence-corrected chi connectivity index (χ2v) is 4.00. The van der Waals surface area contributed by atoms with Gasteiger partial charge in [-0.2, -0.15) is 0 Å². The lowest BCUT2D eigenvalue weighted by Gasteiger charge is -2.14. The van der Waals surface area contributed by atoms with E-state index in [1.54, 1.807) is 14.2 Å². The highest BCUT2D eigenvalue weighted by Crippen LogP contribution is 2.31. The summed E-state index contributed by atoms with van der Waals surface area (Å²) in [6.07, 6.45) is -0.480. The van der Waals surface area contributed by atoms with Gasteiger partial charge in [0.05, 0.1) is 13.2 Å². The summed E-state index contributed by atoms with van der Waals surface area (Å²) in [5, 5.41) is 0. The fraction of sp³-hybridized carbons (Fsp3) is 0.538. The molecule has 2 atom stereocenters. The molecule has 0 spiro atoms. The van der Waals surface area contributed by atoms with E-state index in [2.05, 4.69) is 0 Å². The summed E-state index contributed by atoms with van der Waals surface area (Å²) in [5.41, 5.74) is 1.02. The van der Waals surface area contributed by atoms with Crippen molar-refractivity contribution in [2.24, 2.45) is 0 Å². The maximum atomic E-state index is 5.83. The minimum absolute atomic E-state index is 0.0786. The first-order chi connectivity index (χ1) is 8.35. The SMILES string of the molecule is COC[C@@H]1OC(c2ccccc2)O[C@H]1COC. The van der Waals surface area contributed by atoms with Gasteiger partial charge in [0.15, 0.2) is 6.29 Å². The van der Waals surface area contributed by atoms with Crippen LogP contribution in [0.5, 0.6) is 0 Å². The summed E-state index contributed by atoms with van der Waals surface area (Å²) < 4.78 is 21.9. The Morgan fingerprint density at radius 2 is 1.47 bits per heavy atom. The normalized spacial score (nSPS) is 25.3. The first kappa shape index (κ1) is 12.5. The maximum absolute atomic E-state index is 5.83. The lowest BCUT2D eigenvalue weighted by Crippen LogP contribution is -2.30. The van der Waals surface area contributed by atoms with Crippen LogP contribution in [0.1, 0.15) is 11.9 Å². The quantitative estimate of drug-likeness (QED) is 0.783. The van der Waals surface area contributed by atoms with Gasteiger partial charge in [0.25, 0.3) is 0 Å². The largest absolute Gasteiger partial charge is 0.382 e. The third kappa shape index (κ3) is 3.04. The molecular weight excluding hydrogens is 220 g/mol. The summed E-state index contributed by atoms with van der Waals surface area (Å²) in [4.78, 5) is 0. The smallest absolute Gasteiger partial charge is 0.184 e. The lowest BCUT2D eigenvalue weighted by atomic mass is 10.2. The Morgan fingerprint density at radius 1 is 0.941 bits per heavy atom. The van der Waals surface area contributed by atoms with Crippen LogP contribution < -0.4 is 0 Å². The predicted molar refractivity (Wildman–Crippen MR) is 62.7 cm³/mol. The molecule has 17 heavy (non-hydrogen) atoms. The number of ether oxygens (including phenoxy) is 4. The van der Waals surface area contributed by atoms with Gasteiger partial charge >= 0.3 is 0 Å². The second kappa shape index (κ2) is 6.12. The van der Waals surface area contributed by atoms with Crippen molar-refractivity contribution < 1.29 is 18.9 Å². The Bertz CT molecular complexity index is 313. The van der Waals surface area contributed by atoms with E-state index in [1.807, 2.05) is 30.3 Å². The zero-order valence-electron chi connectivity index (χ0n) is 10.2. The zero-order chi connectivity index (χ0) is 12.1. The molecule has 1 aromatic rings. The van der Waals surface area contributed by atoms with Crippen LogP contribution in [0.15, 0.2) is 30.3 Å². The number of methoxy groups -OCH3 is 2. The molecule has 1 aliphatic heterocycles. The van der Waals surface area contributed by atoms with Crippen LogP contribution in [-0.4, -0.2) is 39.6 Å². The van der Waals surface area contributed by atoms with Gasteiger partial charge in [0.1, 0.15) is 12.2 Å². The van der Waals surface area contributed by atoms with E-state index in [-0.39, 0.29) is 18.5 Å². The van der Waals surface area contributed by atoms with E-state index in [9.17, 15) is 0 Å². The van der Waals surface area contributed by atoms with Crippen LogP contribution in [0.2, 0.25) is 0 Å². The monoisotopic (exact) mass is 238 g/mol. The van der Waals surface area contributed by atoms with E-state index >= 15 is 0 Å². The molecule has 0 bridgehead atoms. The Hall–Kier alpha value is -0.940. The van der Waals surface area contributed by atoms with Gasteiger partial charge in [0.2, 0.25) is 0 Å². The lowest BCUT2D eigenvalue weighted by molar-refractivity contribution is -0.0797. The summed E-state index contributed by atoms with van der Waals surface area (Å²) in [6, 6.07) is 9.89. The second-order valence-electron chi connectivity index (χ2n) is 4.00. The topological polar surface area (TPSA) is 36.9 Å². The van der Waals surface area contributed by atoms with Gasteiger partial charge in [-0.1, -0.05) is 30.3 Å². The molecule has 1 saturated heterocycles. The summed E-state index contributed by atoms with van der Waals surface area (Å²) >= 11 is 0. The molecule has 1 heterocycles. The number of hydrogen-bond donors (Lipinski definition) is 0. The molecule has 0 aliphatic carbocycles. The van der Waals surface area contributed by atoms with Crippen LogP contribution in [0.4, 0.5) is 0 Å². The van der Waals surface area contributed by atoms with Gasteiger partial charge < -0.3 is 18.9 Å². The number of hydrogen-bond acceptors (Lipinski definition) is 4. The predicted octanol–water partition coefficient (Wildman–Crippen LogP) is 1.76. The van der Waals surface area contributed by atoms with Crippen LogP contribution >= 0.6 is 0 Å². The number of benzene rings is 1. The van der Waals surface area contributed by atoms with E-state index < -0.39 is 0 Å². The van der Waals surface area contributed by atoms with Crippen LogP contribution in [0.25, 0.3) is 0 Å². The molecule has 1 aliphatic rings. The van der Waals surface area contributed by atoms with Crippen LogP contribution in [-0.2, 0) is 18.9 Å². The van der Waals surface area contributed by atoms with Gasteiger partial charge in [-0.05, 0) is 0 Å². The van der Waals surface area contributed by atoms with Gasteiger partial charge in [0, 0.05) is 19.8 Å². The van der Waals surface area contributed by atoms with Crippen molar-refractivity contribution in [1.29, 1.82) is 0 Å². The van der Waals surface area contributed by atoms with E-state index in [0.29, 0.717) is 13.2 Å². The molecule has 2 rings (SSSR count). The molecule has 1 fully saturated rings. The van der Waals surface area contributed by atoms with Gasteiger partial charge in [-0.3, -0.25) is 0 Å². The average molecular weight is 238 g/mol. The molecule has 0 amide bonds. The van der Waals surface area contributed by atoms with Crippen LogP contribution in [0, 0.1) is 0 Å². The Kier molecular flexibility index (Phi) is 4.50. The average Bonchev–Trinajstić information content (AvgIpc) is 2.75. The molecule has 1 aromatic carbocycles. The molecule has 0 saturated carbocycles. The van der Waals surface area contributed by atoms with Crippen molar-refractivity contribution in [1.82, 2.24) is 0 Å². The van der Waals surface area contributed by atoms with Crippen molar-refractivity contribution in [3.8, 4) is 0 Å². The van der Waals surface area contributed by atoms with Crippen molar-refractivity contribution >= 4 is 0 Å². The number of rotatable bonds is 5. The fourth-order valence-corrected chi connectivity index (χ4v) is 1.91. The van der Waals surface area contributed by atoms with E-state index in [4.69, 9.17) is 18.9 Å². The van der Waals surface area contributed by atoms with E-state index in [0.717, 1.165) is 5.56 Å². The Balaban J connectivity index is 2.03. The molecule has 0 N–H and O–H groups in total. The summed E-state index contributed by atoms with van der Waals surface area (Å²) in [6.45, 7) is 1.02. The Labute approximate surface area is 101 Å². The van der Waals surface area contributed by atoms with Gasteiger partial charge in [-0.15, -0.1) is 0 Å². The zero-order valence-corrected chi connectivity index (χ0v) is 10.2. The molecular formula is C13H18O4. The van der Waals surface area contributed by atoms with Crippen molar-refractivity contribution in [2.45, 2.75) is 18.5 Å². The minimum Gasteiger partial charge on any atom is -0.382 e. The summed E-state index contributed by atoms with van der Waals surface area (Å²) in [5.74, 6) is 0. The third-order valence-corrected chi connectivity index (χ3v) is 2.75. The van der Waals surface area contributed by atoms with Crippen molar-refractivity contribution in [3.05, 3.63) is 35.9 Å². The third-order valence-electron chi connectivity index (χ3n) is 2.75. The first-order valence-electron chi connectivity index (χ1n) is 5.69. The molecule has 0 aromatic heterocycles. The highest BCUT2D eigenvalue weighted by atomic mass is 16.7. The van der Waals surface area contributed by atoms with E-state index in [1.165, 1.54) is 0 Å². The molecule has 94 valence electrons. The van der Waals surface area contributed by atoms with Crippen molar-refractivity contribution in [2.75, 3.05) is 27.4 Å². The van der Waals surface area contributed by atoms with Crippen LogP contribution in [0.3, 0.4) is 0 Å². The van der Waals surface area contributed by atoms with Crippen molar-refractivity contribution in [3.63, 3.8) is 0 Å². The fourth-order valence-electron chi connectivity index (χ4n) is 1.91. The first-order valence-corrected chi connectivity index (χ1v) is 5.69. The molecule has 4 heteroatoms. The highest BCUT2D eigenvalue weighted by molar-refractivity contribution is 5.16. The summed E-state index contributed by atoms with van der Waals surface area (Å²) in [7, 11) is 3.31. The van der Waals surface area contributed by atoms with Gasteiger partial charge in [-0.25, -0.2) is 0 Å². The minimum atomic E-state index is -0.323. The molecule has 0 radical (unpaired) electrons. The highest BCUT2D eigenvalue weighted by Gasteiger charge is 2.36. The molecule has 0 unspecified atom stereocenters. The maximum Gasteiger partial charge on any atom is 0.184 e. The molecule has 4 nitrogen and oxygen atoms in total. The standard InChI is InChI=1S/C13H18O4/c1-14-8-11-12(9-15-2)17-13(16-11)10-6-4-3-5-7-10/h3-7,11-13H,8-9H2,1-2H3/t11-,12-/m0/s1.